The summed E-state index contributed by atoms with van der Waals surface area (Å²) in [6.07, 6.45) is 17.7. The molecule has 3 heteroatoms. The van der Waals surface area contributed by atoms with Gasteiger partial charge in [0.2, 0.25) is 0 Å². The highest BCUT2D eigenvalue weighted by Gasteiger charge is 2.41. The predicted molar refractivity (Wildman–Crippen MR) is 142 cm³/mol. The molecule has 4 atom stereocenters. The van der Waals surface area contributed by atoms with E-state index in [1.54, 1.807) is 14.2 Å². The molecule has 2 nitrogen and oxygen atoms in total. The third-order valence-corrected chi connectivity index (χ3v) is 8.43. The molecule has 0 spiro atoms. The molecule has 2 aromatic carbocycles. The van der Waals surface area contributed by atoms with Crippen molar-refractivity contribution in [2.45, 2.75) is 38.5 Å². The Morgan fingerprint density at radius 2 is 1.24 bits per heavy atom. The molecule has 0 aromatic heterocycles. The number of allylic oxidation sites excluding steroid dienone is 8. The van der Waals surface area contributed by atoms with Gasteiger partial charge in [-0.05, 0) is 24.0 Å². The summed E-state index contributed by atoms with van der Waals surface area (Å²) in [6.45, 7) is 9.15. The summed E-state index contributed by atoms with van der Waals surface area (Å²) in [5.41, 5.74) is 3.97. The van der Waals surface area contributed by atoms with Crippen LogP contribution in [0.4, 0.5) is 0 Å². The van der Waals surface area contributed by atoms with E-state index >= 15 is 0 Å². The number of methoxy groups -OCH3 is 2. The summed E-state index contributed by atoms with van der Waals surface area (Å²) >= 11 is 3.79. The van der Waals surface area contributed by atoms with Crippen molar-refractivity contribution in [2.24, 2.45) is 11.8 Å². The Labute approximate surface area is 206 Å². The molecule has 0 bridgehead atoms. The quantitative estimate of drug-likeness (QED) is 0.408. The van der Waals surface area contributed by atoms with Crippen LogP contribution in [0.25, 0.3) is 11.1 Å². The van der Waals surface area contributed by atoms with Gasteiger partial charge in [0.1, 0.15) is 11.5 Å². The van der Waals surface area contributed by atoms with Crippen molar-refractivity contribution in [3.05, 3.63) is 94.5 Å². The average molecular weight is 505 g/mol. The molecule has 2 aliphatic rings. The fourth-order valence-corrected chi connectivity index (χ4v) is 5.61. The fraction of sp³-hybridized carbons (Fsp3) is 0.333. The van der Waals surface area contributed by atoms with Crippen molar-refractivity contribution in [2.75, 3.05) is 14.2 Å². The van der Waals surface area contributed by atoms with Crippen LogP contribution in [0.15, 0.2) is 83.4 Å². The van der Waals surface area contributed by atoms with Crippen molar-refractivity contribution >= 4 is 15.9 Å². The highest BCUT2D eigenvalue weighted by Crippen LogP contribution is 2.55. The van der Waals surface area contributed by atoms with Crippen molar-refractivity contribution in [3.63, 3.8) is 0 Å². The number of halogens is 1. The number of hydrogen-bond acceptors (Lipinski definition) is 2. The highest BCUT2D eigenvalue weighted by atomic mass is 79.9. The van der Waals surface area contributed by atoms with Crippen molar-refractivity contribution in [3.8, 4) is 22.6 Å². The van der Waals surface area contributed by atoms with Crippen LogP contribution in [-0.4, -0.2) is 14.2 Å². The van der Waals surface area contributed by atoms with Gasteiger partial charge in [-0.2, -0.15) is 0 Å². The normalized spacial score (nSPS) is 28.2. The molecular formula is C30H33BrO2. The van der Waals surface area contributed by atoms with Gasteiger partial charge in [-0.15, -0.1) is 0 Å². The van der Waals surface area contributed by atoms with Crippen LogP contribution in [0.5, 0.6) is 11.5 Å². The van der Waals surface area contributed by atoms with E-state index in [9.17, 15) is 0 Å². The summed E-state index contributed by atoms with van der Waals surface area (Å²) in [7, 11) is 3.53. The maximum absolute atomic E-state index is 6.21. The lowest BCUT2D eigenvalue weighted by Gasteiger charge is -2.40. The largest absolute Gasteiger partial charge is 0.496 e. The van der Waals surface area contributed by atoms with Crippen LogP contribution in [0.1, 0.15) is 38.8 Å². The van der Waals surface area contributed by atoms with Gasteiger partial charge < -0.3 is 9.47 Å². The molecule has 33 heavy (non-hydrogen) atoms. The molecule has 0 saturated heterocycles. The first-order valence-corrected chi connectivity index (χ1v) is 12.3. The molecule has 0 saturated carbocycles. The minimum Gasteiger partial charge on any atom is -0.496 e. The van der Waals surface area contributed by atoms with Crippen LogP contribution in [0, 0.1) is 11.8 Å². The number of rotatable bonds is 5. The van der Waals surface area contributed by atoms with Crippen molar-refractivity contribution < 1.29 is 9.47 Å². The maximum Gasteiger partial charge on any atom is 0.134 e. The minimum absolute atomic E-state index is 0.217. The summed E-state index contributed by atoms with van der Waals surface area (Å²) in [6, 6.07) is 10.6. The van der Waals surface area contributed by atoms with E-state index in [4.69, 9.17) is 9.47 Å². The number of benzene rings is 2. The van der Waals surface area contributed by atoms with Gasteiger partial charge >= 0.3 is 0 Å². The van der Waals surface area contributed by atoms with E-state index in [0.717, 1.165) is 27.1 Å². The Hall–Kier alpha value is -2.52. The van der Waals surface area contributed by atoms with Gasteiger partial charge in [0.05, 0.1) is 19.8 Å². The molecule has 4 unspecified atom stereocenters. The lowest BCUT2D eigenvalue weighted by Crippen LogP contribution is -2.32. The molecule has 172 valence electrons. The molecular weight excluding hydrogens is 472 g/mol. The Morgan fingerprint density at radius 1 is 0.758 bits per heavy atom. The summed E-state index contributed by atoms with van der Waals surface area (Å²) in [5, 5.41) is 0. The standard InChI is InChI=1S/C30H33BrO2/c1-20-13-9-11-17-29(20,3)23-19-24(30(4)18-12-10-14-21(30)2)28(33-6)26(27(23)32-5)22-15-7-8-16-25(22)31/h7-21H,1-6H3. The molecule has 2 aromatic rings. The zero-order valence-corrected chi connectivity index (χ0v) is 21.9. The van der Waals surface area contributed by atoms with Gasteiger partial charge in [0.15, 0.2) is 0 Å². The molecule has 0 aliphatic heterocycles. The Balaban J connectivity index is 2.15. The molecule has 0 radical (unpaired) electrons. The second kappa shape index (κ2) is 9.02. The van der Waals surface area contributed by atoms with E-state index in [2.05, 4.69) is 116 Å². The van der Waals surface area contributed by atoms with Crippen molar-refractivity contribution in [1.82, 2.24) is 0 Å². The average Bonchev–Trinajstić information content (AvgIpc) is 2.82. The summed E-state index contributed by atoms with van der Waals surface area (Å²) in [4.78, 5) is 0. The lowest BCUT2D eigenvalue weighted by atomic mass is 9.65. The van der Waals surface area contributed by atoms with Crippen LogP contribution in [0.2, 0.25) is 0 Å². The SMILES string of the molecule is COc1c(C2(C)C=CC=CC2C)cc(C2(C)C=CC=CC2C)c(OC)c1-c1ccccc1Br. The minimum atomic E-state index is -0.217. The fourth-order valence-electron chi connectivity index (χ4n) is 5.13. The number of ether oxygens (including phenoxy) is 2. The highest BCUT2D eigenvalue weighted by molar-refractivity contribution is 9.10. The second-order valence-corrected chi connectivity index (χ2v) is 10.4. The Kier molecular flexibility index (Phi) is 6.46. The van der Waals surface area contributed by atoms with Gasteiger partial charge in [0.25, 0.3) is 0 Å². The second-order valence-electron chi connectivity index (χ2n) is 9.52. The molecule has 0 amide bonds. The van der Waals surface area contributed by atoms with E-state index in [-0.39, 0.29) is 10.8 Å². The zero-order valence-electron chi connectivity index (χ0n) is 20.4. The first-order valence-electron chi connectivity index (χ1n) is 11.5. The van der Waals surface area contributed by atoms with Crippen LogP contribution >= 0.6 is 15.9 Å². The van der Waals surface area contributed by atoms with E-state index < -0.39 is 0 Å². The van der Waals surface area contributed by atoms with Gasteiger partial charge in [-0.25, -0.2) is 0 Å². The smallest absolute Gasteiger partial charge is 0.134 e. The maximum atomic E-state index is 6.21. The van der Waals surface area contributed by atoms with Gasteiger partial charge in [-0.1, -0.05) is 110 Å². The third kappa shape index (κ3) is 3.81. The monoisotopic (exact) mass is 504 g/mol. The molecule has 4 rings (SSSR count). The van der Waals surface area contributed by atoms with Crippen LogP contribution < -0.4 is 9.47 Å². The molecule has 0 fully saturated rings. The topological polar surface area (TPSA) is 18.5 Å². The summed E-state index contributed by atoms with van der Waals surface area (Å²) < 4.78 is 13.4. The first-order chi connectivity index (χ1) is 15.8. The molecule has 0 heterocycles. The molecule has 2 aliphatic carbocycles. The zero-order chi connectivity index (χ0) is 23.8. The Morgan fingerprint density at radius 3 is 1.67 bits per heavy atom. The lowest BCUT2D eigenvalue weighted by molar-refractivity contribution is 0.360. The van der Waals surface area contributed by atoms with E-state index in [1.807, 2.05) is 6.07 Å². The van der Waals surface area contributed by atoms with E-state index in [0.29, 0.717) is 11.8 Å². The van der Waals surface area contributed by atoms with E-state index in [1.165, 1.54) is 11.1 Å². The van der Waals surface area contributed by atoms with Gasteiger partial charge in [0, 0.05) is 32.0 Å². The number of hydrogen-bond donors (Lipinski definition) is 0. The molecule has 0 N–H and O–H groups in total. The summed E-state index contributed by atoms with van der Waals surface area (Å²) in [5.74, 6) is 2.36. The third-order valence-electron chi connectivity index (χ3n) is 7.74. The van der Waals surface area contributed by atoms with Crippen LogP contribution in [-0.2, 0) is 10.8 Å². The van der Waals surface area contributed by atoms with Crippen molar-refractivity contribution in [1.29, 1.82) is 0 Å². The van der Waals surface area contributed by atoms with Gasteiger partial charge in [-0.3, -0.25) is 0 Å². The predicted octanol–water partition coefficient (Wildman–Crippen LogP) is 8.17. The Bertz CT molecular complexity index is 1110. The first kappa shape index (κ1) is 23.6. The van der Waals surface area contributed by atoms with Crippen LogP contribution in [0.3, 0.4) is 0 Å².